The summed E-state index contributed by atoms with van der Waals surface area (Å²) >= 11 is 0. The highest BCUT2D eigenvalue weighted by molar-refractivity contribution is 5.95. The Kier molecular flexibility index (Phi) is 2.00. The maximum absolute atomic E-state index is 4.43. The second-order valence-corrected chi connectivity index (χ2v) is 3.19. The number of hydrogen-bond donors (Lipinski definition) is 0. The number of hydrogen-bond acceptors (Lipinski definition) is 2. The number of rotatable bonds is 2. The van der Waals surface area contributed by atoms with Gasteiger partial charge in [0.2, 0.25) is 0 Å². The van der Waals surface area contributed by atoms with Gasteiger partial charge in [0.15, 0.2) is 5.82 Å². The maximum Gasteiger partial charge on any atom is 0.180 e. The van der Waals surface area contributed by atoms with Gasteiger partial charge in [-0.1, -0.05) is 6.92 Å². The molecule has 3 nitrogen and oxygen atoms in total. The molecule has 0 aromatic carbocycles. The lowest BCUT2D eigenvalue weighted by Crippen LogP contribution is -2.05. The van der Waals surface area contributed by atoms with Crippen LogP contribution in [0.4, 0.5) is 11.5 Å². The fourth-order valence-electron chi connectivity index (χ4n) is 1.37. The molecule has 0 atom stereocenters. The zero-order valence-electron chi connectivity index (χ0n) is 7.91. The molecule has 0 unspecified atom stereocenters. The smallest absolute Gasteiger partial charge is 0.180 e. The molecule has 0 saturated carbocycles. The Hall–Kier alpha value is -1.38. The molecule has 0 N–H and O–H groups in total. The molecular weight excluding hydrogens is 162 g/mol. The quantitative estimate of drug-likeness (QED) is 0.678. The second-order valence-electron chi connectivity index (χ2n) is 3.19. The Morgan fingerprint density at radius 2 is 2.23 bits per heavy atom. The van der Waals surface area contributed by atoms with Gasteiger partial charge in [-0.15, -0.1) is 0 Å². The molecule has 0 fully saturated rings. The SMILES string of the molecule is CCCC1=Nc2c(C)ccnc2[N]1. The lowest BCUT2D eigenvalue weighted by atomic mass is 10.2. The van der Waals surface area contributed by atoms with Crippen molar-refractivity contribution >= 4 is 17.3 Å². The van der Waals surface area contributed by atoms with E-state index >= 15 is 0 Å². The molecule has 0 aliphatic carbocycles. The molecule has 67 valence electrons. The average Bonchev–Trinajstić information content (AvgIpc) is 2.49. The minimum atomic E-state index is 0.781. The third-order valence-electron chi connectivity index (χ3n) is 2.06. The Labute approximate surface area is 77.9 Å². The molecule has 1 aromatic heterocycles. The van der Waals surface area contributed by atoms with Gasteiger partial charge in [-0.3, -0.25) is 0 Å². The lowest BCUT2D eigenvalue weighted by Gasteiger charge is -1.96. The predicted octanol–water partition coefficient (Wildman–Crippen LogP) is 2.47. The zero-order valence-corrected chi connectivity index (χ0v) is 7.91. The van der Waals surface area contributed by atoms with E-state index in [-0.39, 0.29) is 0 Å². The van der Waals surface area contributed by atoms with Gasteiger partial charge in [0, 0.05) is 12.6 Å². The molecule has 1 radical (unpaired) electrons. The van der Waals surface area contributed by atoms with Gasteiger partial charge in [0.1, 0.15) is 11.5 Å². The monoisotopic (exact) mass is 174 g/mol. The van der Waals surface area contributed by atoms with Crippen LogP contribution in [0.2, 0.25) is 0 Å². The van der Waals surface area contributed by atoms with Gasteiger partial charge in [-0.05, 0) is 25.0 Å². The molecule has 3 heteroatoms. The lowest BCUT2D eigenvalue weighted by molar-refractivity contribution is 0.962. The van der Waals surface area contributed by atoms with E-state index in [0.29, 0.717) is 0 Å². The highest BCUT2D eigenvalue weighted by Gasteiger charge is 2.17. The molecule has 2 rings (SSSR count). The first-order chi connectivity index (χ1) is 6.31. The highest BCUT2D eigenvalue weighted by atomic mass is 15.1. The predicted molar refractivity (Wildman–Crippen MR) is 52.8 cm³/mol. The molecule has 1 aliphatic rings. The number of pyridine rings is 1. The van der Waals surface area contributed by atoms with Crippen LogP contribution in [-0.4, -0.2) is 10.8 Å². The van der Waals surface area contributed by atoms with Gasteiger partial charge in [0.05, 0.1) is 0 Å². The summed E-state index contributed by atoms with van der Waals surface area (Å²) in [5.74, 6) is 1.70. The molecule has 0 saturated heterocycles. The Balaban J connectivity index is 2.32. The van der Waals surface area contributed by atoms with E-state index < -0.39 is 0 Å². The van der Waals surface area contributed by atoms with Crippen LogP contribution in [-0.2, 0) is 0 Å². The van der Waals surface area contributed by atoms with E-state index in [1.54, 1.807) is 6.20 Å². The van der Waals surface area contributed by atoms with E-state index in [1.807, 2.05) is 13.0 Å². The molecule has 0 amide bonds. The van der Waals surface area contributed by atoms with Crippen LogP contribution < -0.4 is 5.32 Å². The third-order valence-corrected chi connectivity index (χ3v) is 2.06. The van der Waals surface area contributed by atoms with Crippen LogP contribution in [0, 0.1) is 6.92 Å². The van der Waals surface area contributed by atoms with Crippen molar-refractivity contribution in [2.75, 3.05) is 0 Å². The van der Waals surface area contributed by atoms with Gasteiger partial charge in [-0.25, -0.2) is 15.3 Å². The van der Waals surface area contributed by atoms with Crippen molar-refractivity contribution in [2.45, 2.75) is 26.7 Å². The number of fused-ring (bicyclic) bond motifs is 1. The Morgan fingerprint density at radius 1 is 1.38 bits per heavy atom. The fourth-order valence-corrected chi connectivity index (χ4v) is 1.37. The third kappa shape index (κ3) is 1.41. The minimum absolute atomic E-state index is 0.781. The number of nitrogens with zero attached hydrogens (tertiary/aromatic N) is 3. The van der Waals surface area contributed by atoms with Gasteiger partial charge < -0.3 is 0 Å². The van der Waals surface area contributed by atoms with Crippen molar-refractivity contribution in [1.29, 1.82) is 0 Å². The van der Waals surface area contributed by atoms with Crippen LogP contribution in [0.5, 0.6) is 0 Å². The summed E-state index contributed by atoms with van der Waals surface area (Å²) in [7, 11) is 0. The summed E-state index contributed by atoms with van der Waals surface area (Å²) < 4.78 is 0. The van der Waals surface area contributed by atoms with Crippen LogP contribution in [0.3, 0.4) is 0 Å². The van der Waals surface area contributed by atoms with Crippen LogP contribution in [0.15, 0.2) is 17.3 Å². The first kappa shape index (κ1) is 8.23. The molecule has 0 bridgehead atoms. The molecule has 1 aliphatic heterocycles. The topological polar surface area (TPSA) is 39.4 Å². The maximum atomic E-state index is 4.43. The summed E-state index contributed by atoms with van der Waals surface area (Å²) in [5.41, 5.74) is 2.10. The molecule has 13 heavy (non-hydrogen) atoms. The number of aromatic nitrogens is 1. The summed E-state index contributed by atoms with van der Waals surface area (Å²) in [6.07, 6.45) is 3.80. The van der Waals surface area contributed by atoms with Crippen molar-refractivity contribution in [3.8, 4) is 0 Å². The summed E-state index contributed by atoms with van der Waals surface area (Å²) in [4.78, 5) is 8.60. The van der Waals surface area contributed by atoms with E-state index in [0.717, 1.165) is 35.7 Å². The van der Waals surface area contributed by atoms with Crippen molar-refractivity contribution in [3.05, 3.63) is 17.8 Å². The van der Waals surface area contributed by atoms with Gasteiger partial charge >= 0.3 is 0 Å². The molecule has 1 aromatic rings. The van der Waals surface area contributed by atoms with Crippen LogP contribution >= 0.6 is 0 Å². The van der Waals surface area contributed by atoms with Crippen molar-refractivity contribution in [1.82, 2.24) is 10.3 Å². The second kappa shape index (κ2) is 3.17. The first-order valence-corrected chi connectivity index (χ1v) is 4.56. The standard InChI is InChI=1S/C10H12N3/c1-3-4-8-12-9-7(2)5-6-11-10(9)13-8/h5-6H,3-4H2,1-2H3. The van der Waals surface area contributed by atoms with Crippen LogP contribution in [0.25, 0.3) is 0 Å². The normalized spacial score (nSPS) is 13.5. The van der Waals surface area contributed by atoms with E-state index in [2.05, 4.69) is 22.2 Å². The molecule has 0 spiro atoms. The fraction of sp³-hybridized carbons (Fsp3) is 0.400. The number of aliphatic imine (C=N–C) groups is 1. The summed E-state index contributed by atoms with van der Waals surface area (Å²) in [5, 5.41) is 4.34. The molecule has 2 heterocycles. The Morgan fingerprint density at radius 3 is 2.92 bits per heavy atom. The Bertz CT molecular complexity index is 355. The molecular formula is C10H12N3. The highest BCUT2D eigenvalue weighted by Crippen LogP contribution is 2.31. The largest absolute Gasteiger partial charge is 0.235 e. The van der Waals surface area contributed by atoms with Crippen molar-refractivity contribution in [2.24, 2.45) is 4.99 Å². The van der Waals surface area contributed by atoms with E-state index in [4.69, 9.17) is 0 Å². The van der Waals surface area contributed by atoms with Crippen LogP contribution in [0.1, 0.15) is 25.3 Å². The van der Waals surface area contributed by atoms with E-state index in [9.17, 15) is 0 Å². The van der Waals surface area contributed by atoms with Gasteiger partial charge in [-0.2, -0.15) is 0 Å². The van der Waals surface area contributed by atoms with Crippen molar-refractivity contribution < 1.29 is 0 Å². The first-order valence-electron chi connectivity index (χ1n) is 4.56. The number of aryl methyl sites for hydroxylation is 1. The minimum Gasteiger partial charge on any atom is -0.235 e. The van der Waals surface area contributed by atoms with Crippen molar-refractivity contribution in [3.63, 3.8) is 0 Å². The number of amidine groups is 1. The summed E-state index contributed by atoms with van der Waals surface area (Å²) in [6.45, 7) is 4.16. The van der Waals surface area contributed by atoms with Gasteiger partial charge in [0.25, 0.3) is 0 Å². The summed E-state index contributed by atoms with van der Waals surface area (Å²) in [6, 6.07) is 1.97. The average molecular weight is 174 g/mol. The zero-order chi connectivity index (χ0) is 9.26. The van der Waals surface area contributed by atoms with E-state index in [1.165, 1.54) is 0 Å².